The Balaban J connectivity index is 2.20. The average molecular weight is 240 g/mol. The molecule has 0 bridgehead atoms. The normalized spacial score (nSPS) is 14.7. The van der Waals surface area contributed by atoms with E-state index in [4.69, 9.17) is 16.3 Å². The maximum atomic E-state index is 11.6. The van der Waals surface area contributed by atoms with E-state index >= 15 is 0 Å². The third-order valence-corrected chi connectivity index (χ3v) is 3.00. The van der Waals surface area contributed by atoms with Crippen molar-refractivity contribution in [2.45, 2.75) is 19.8 Å². The monoisotopic (exact) mass is 239 g/mol. The number of hydrogen-bond donors (Lipinski definition) is 1. The Kier molecular flexibility index (Phi) is 3.06. The molecule has 3 nitrogen and oxygen atoms in total. The van der Waals surface area contributed by atoms with E-state index in [0.717, 1.165) is 24.1 Å². The molecule has 0 aliphatic heterocycles. The smallest absolute Gasteiger partial charge is 0.227 e. The van der Waals surface area contributed by atoms with Crippen molar-refractivity contribution in [1.29, 1.82) is 0 Å². The first-order valence-electron chi connectivity index (χ1n) is 5.27. The van der Waals surface area contributed by atoms with E-state index in [1.54, 1.807) is 13.2 Å². The molecule has 2 rings (SSSR count). The van der Waals surface area contributed by atoms with E-state index in [-0.39, 0.29) is 11.8 Å². The highest BCUT2D eigenvalue weighted by Gasteiger charge is 2.29. The number of methoxy groups -OCH3 is 1. The molecule has 0 heterocycles. The third-order valence-electron chi connectivity index (χ3n) is 2.70. The van der Waals surface area contributed by atoms with Gasteiger partial charge >= 0.3 is 0 Å². The Hall–Kier alpha value is -1.22. The summed E-state index contributed by atoms with van der Waals surface area (Å²) in [6.45, 7) is 1.92. The van der Waals surface area contributed by atoms with Gasteiger partial charge in [-0.15, -0.1) is 0 Å². The molecule has 1 aromatic rings. The van der Waals surface area contributed by atoms with Gasteiger partial charge in [0.15, 0.2) is 0 Å². The molecule has 0 spiro atoms. The summed E-state index contributed by atoms with van der Waals surface area (Å²) in [6, 6.07) is 3.56. The van der Waals surface area contributed by atoms with Crippen LogP contribution in [0.15, 0.2) is 12.1 Å². The van der Waals surface area contributed by atoms with Gasteiger partial charge in [0.1, 0.15) is 5.75 Å². The number of aryl methyl sites for hydroxylation is 1. The van der Waals surface area contributed by atoms with Crippen molar-refractivity contribution in [2.24, 2.45) is 5.92 Å². The van der Waals surface area contributed by atoms with Crippen LogP contribution in [-0.2, 0) is 4.79 Å². The molecule has 0 radical (unpaired) electrons. The lowest BCUT2D eigenvalue weighted by atomic mass is 10.2. The molecule has 0 atom stereocenters. The highest BCUT2D eigenvalue weighted by Crippen LogP contribution is 2.33. The molecule has 1 N–H and O–H groups in total. The Morgan fingerprint density at radius 3 is 2.75 bits per heavy atom. The minimum atomic E-state index is 0.0873. The SMILES string of the molecule is COc1cc(C)c(NC(=O)C2CC2)cc1Cl. The second-order valence-corrected chi connectivity index (χ2v) is 4.47. The van der Waals surface area contributed by atoms with Crippen LogP contribution in [0.5, 0.6) is 5.75 Å². The van der Waals surface area contributed by atoms with Gasteiger partial charge < -0.3 is 10.1 Å². The molecule has 1 saturated carbocycles. The van der Waals surface area contributed by atoms with Crippen molar-refractivity contribution in [2.75, 3.05) is 12.4 Å². The standard InChI is InChI=1S/C12H14ClNO2/c1-7-5-11(16-2)9(13)6-10(7)14-12(15)8-3-4-8/h5-6,8H,3-4H2,1-2H3,(H,14,15). The van der Waals surface area contributed by atoms with Gasteiger partial charge in [0.2, 0.25) is 5.91 Å². The summed E-state index contributed by atoms with van der Waals surface area (Å²) in [5, 5.41) is 3.40. The van der Waals surface area contributed by atoms with Crippen LogP contribution in [-0.4, -0.2) is 13.0 Å². The number of rotatable bonds is 3. The molecule has 0 aromatic heterocycles. The quantitative estimate of drug-likeness (QED) is 0.881. The van der Waals surface area contributed by atoms with Crippen molar-refractivity contribution in [3.63, 3.8) is 0 Å². The number of carbonyl (C=O) groups is 1. The van der Waals surface area contributed by atoms with Crippen molar-refractivity contribution in [3.05, 3.63) is 22.7 Å². The van der Waals surface area contributed by atoms with Crippen LogP contribution in [0.3, 0.4) is 0 Å². The Bertz CT molecular complexity index is 427. The average Bonchev–Trinajstić information content (AvgIpc) is 3.06. The fourth-order valence-corrected chi connectivity index (χ4v) is 1.77. The lowest BCUT2D eigenvalue weighted by Gasteiger charge is -2.11. The van der Waals surface area contributed by atoms with Crippen molar-refractivity contribution >= 4 is 23.2 Å². The van der Waals surface area contributed by atoms with Crippen molar-refractivity contribution in [1.82, 2.24) is 0 Å². The Morgan fingerprint density at radius 1 is 1.50 bits per heavy atom. The van der Waals surface area contributed by atoms with E-state index in [2.05, 4.69) is 5.32 Å². The second-order valence-electron chi connectivity index (χ2n) is 4.07. The predicted molar refractivity (Wildman–Crippen MR) is 64.1 cm³/mol. The maximum absolute atomic E-state index is 11.6. The summed E-state index contributed by atoms with van der Waals surface area (Å²) in [4.78, 5) is 11.6. The summed E-state index contributed by atoms with van der Waals surface area (Å²) in [6.07, 6.45) is 1.99. The van der Waals surface area contributed by atoms with Crippen molar-refractivity contribution < 1.29 is 9.53 Å². The number of anilines is 1. The van der Waals surface area contributed by atoms with Gasteiger partial charge in [-0.3, -0.25) is 4.79 Å². The summed E-state index contributed by atoms with van der Waals surface area (Å²) < 4.78 is 5.10. The van der Waals surface area contributed by atoms with Crippen LogP contribution in [0.4, 0.5) is 5.69 Å². The highest BCUT2D eigenvalue weighted by molar-refractivity contribution is 6.32. The minimum Gasteiger partial charge on any atom is -0.495 e. The molecule has 1 amide bonds. The lowest BCUT2D eigenvalue weighted by Crippen LogP contribution is -2.14. The van der Waals surface area contributed by atoms with E-state index < -0.39 is 0 Å². The van der Waals surface area contributed by atoms with Gasteiger partial charge in [-0.1, -0.05) is 11.6 Å². The van der Waals surface area contributed by atoms with Gasteiger partial charge in [0, 0.05) is 11.6 Å². The predicted octanol–water partition coefficient (Wildman–Crippen LogP) is 3.01. The maximum Gasteiger partial charge on any atom is 0.227 e. The summed E-state index contributed by atoms with van der Waals surface area (Å²) in [7, 11) is 1.57. The number of ether oxygens (including phenoxy) is 1. The zero-order valence-corrected chi connectivity index (χ0v) is 10.1. The zero-order chi connectivity index (χ0) is 11.7. The number of carbonyl (C=O) groups excluding carboxylic acids is 1. The molecule has 0 unspecified atom stereocenters. The van der Waals surface area contributed by atoms with Crippen LogP contribution in [0.2, 0.25) is 5.02 Å². The molecule has 1 aromatic carbocycles. The van der Waals surface area contributed by atoms with E-state index in [9.17, 15) is 4.79 Å². The molecule has 16 heavy (non-hydrogen) atoms. The van der Waals surface area contributed by atoms with E-state index in [1.165, 1.54) is 0 Å². The van der Waals surface area contributed by atoms with E-state index in [1.807, 2.05) is 13.0 Å². The summed E-state index contributed by atoms with van der Waals surface area (Å²) >= 11 is 6.00. The lowest BCUT2D eigenvalue weighted by molar-refractivity contribution is -0.117. The molecular weight excluding hydrogens is 226 g/mol. The van der Waals surface area contributed by atoms with Gasteiger partial charge in [0.25, 0.3) is 0 Å². The number of benzene rings is 1. The van der Waals surface area contributed by atoms with Gasteiger partial charge in [-0.2, -0.15) is 0 Å². The van der Waals surface area contributed by atoms with Crippen LogP contribution in [0.25, 0.3) is 0 Å². The number of hydrogen-bond acceptors (Lipinski definition) is 2. The van der Waals surface area contributed by atoms with E-state index in [0.29, 0.717) is 10.8 Å². The second kappa shape index (κ2) is 4.34. The topological polar surface area (TPSA) is 38.3 Å². The third kappa shape index (κ3) is 2.30. The first-order valence-corrected chi connectivity index (χ1v) is 5.64. The fraction of sp³-hybridized carbons (Fsp3) is 0.417. The Morgan fingerprint density at radius 2 is 2.19 bits per heavy atom. The largest absolute Gasteiger partial charge is 0.495 e. The molecule has 1 aliphatic carbocycles. The molecular formula is C12H14ClNO2. The first kappa shape index (κ1) is 11.3. The van der Waals surface area contributed by atoms with Crippen LogP contribution in [0.1, 0.15) is 18.4 Å². The molecule has 0 saturated heterocycles. The Labute approximate surface area is 99.7 Å². The highest BCUT2D eigenvalue weighted by atomic mass is 35.5. The van der Waals surface area contributed by atoms with Gasteiger partial charge in [-0.05, 0) is 37.5 Å². The minimum absolute atomic E-state index is 0.0873. The van der Waals surface area contributed by atoms with Gasteiger partial charge in [0.05, 0.1) is 12.1 Å². The van der Waals surface area contributed by atoms with Crippen LogP contribution >= 0.6 is 11.6 Å². The summed E-state index contributed by atoms with van der Waals surface area (Å²) in [5.41, 5.74) is 1.72. The van der Waals surface area contributed by atoms with Gasteiger partial charge in [-0.25, -0.2) is 0 Å². The summed E-state index contributed by atoms with van der Waals surface area (Å²) in [5.74, 6) is 0.910. The van der Waals surface area contributed by atoms with Crippen LogP contribution < -0.4 is 10.1 Å². The zero-order valence-electron chi connectivity index (χ0n) is 9.34. The number of halogens is 1. The van der Waals surface area contributed by atoms with Crippen LogP contribution in [0, 0.1) is 12.8 Å². The number of nitrogens with one attached hydrogen (secondary N) is 1. The fourth-order valence-electron chi connectivity index (χ4n) is 1.53. The number of amides is 1. The molecule has 86 valence electrons. The molecule has 1 fully saturated rings. The van der Waals surface area contributed by atoms with Crippen molar-refractivity contribution in [3.8, 4) is 5.75 Å². The molecule has 1 aliphatic rings. The first-order chi connectivity index (χ1) is 7.61. The molecule has 4 heteroatoms.